The SMILES string of the molecule is CCNC(=S)Nc1cnn(Cc2ccc(Cl)cc2)c1. The number of rotatable bonds is 4. The van der Waals surface area contributed by atoms with Crippen molar-refractivity contribution in [2.24, 2.45) is 0 Å². The summed E-state index contributed by atoms with van der Waals surface area (Å²) in [6.45, 7) is 3.50. The van der Waals surface area contributed by atoms with Crippen molar-refractivity contribution >= 4 is 34.6 Å². The first-order valence-corrected chi connectivity index (χ1v) is 6.77. The van der Waals surface area contributed by atoms with E-state index in [0.717, 1.165) is 22.8 Å². The summed E-state index contributed by atoms with van der Waals surface area (Å²) < 4.78 is 1.85. The van der Waals surface area contributed by atoms with Crippen LogP contribution in [0.1, 0.15) is 12.5 Å². The van der Waals surface area contributed by atoms with Gasteiger partial charge >= 0.3 is 0 Å². The van der Waals surface area contributed by atoms with Gasteiger partial charge in [-0.3, -0.25) is 4.68 Å². The highest BCUT2D eigenvalue weighted by Crippen LogP contribution is 2.12. The van der Waals surface area contributed by atoms with Crippen molar-refractivity contribution in [1.29, 1.82) is 0 Å². The Balaban J connectivity index is 1.97. The van der Waals surface area contributed by atoms with E-state index >= 15 is 0 Å². The number of thiocarbonyl (C=S) groups is 1. The molecule has 6 heteroatoms. The molecule has 0 aliphatic carbocycles. The molecule has 0 amide bonds. The van der Waals surface area contributed by atoms with E-state index in [-0.39, 0.29) is 0 Å². The number of hydrogen-bond donors (Lipinski definition) is 2. The quantitative estimate of drug-likeness (QED) is 0.851. The molecule has 0 unspecified atom stereocenters. The van der Waals surface area contributed by atoms with E-state index in [9.17, 15) is 0 Å². The smallest absolute Gasteiger partial charge is 0.170 e. The molecule has 0 atom stereocenters. The number of nitrogens with one attached hydrogen (secondary N) is 2. The monoisotopic (exact) mass is 294 g/mol. The van der Waals surface area contributed by atoms with Crippen LogP contribution in [0.4, 0.5) is 5.69 Å². The van der Waals surface area contributed by atoms with Crippen LogP contribution < -0.4 is 10.6 Å². The highest BCUT2D eigenvalue weighted by Gasteiger charge is 2.01. The van der Waals surface area contributed by atoms with Crippen LogP contribution in [0.25, 0.3) is 0 Å². The minimum atomic E-state index is 0.605. The topological polar surface area (TPSA) is 41.9 Å². The summed E-state index contributed by atoms with van der Waals surface area (Å²) in [5.74, 6) is 0. The van der Waals surface area contributed by atoms with Crippen LogP contribution in [0.2, 0.25) is 5.02 Å². The Bertz CT molecular complexity index is 550. The lowest BCUT2D eigenvalue weighted by Gasteiger charge is -2.05. The third-order valence-corrected chi connectivity index (χ3v) is 2.98. The third kappa shape index (κ3) is 4.22. The van der Waals surface area contributed by atoms with Crippen LogP contribution in [0.5, 0.6) is 0 Å². The van der Waals surface area contributed by atoms with Gasteiger partial charge in [-0.15, -0.1) is 0 Å². The molecule has 0 bridgehead atoms. The van der Waals surface area contributed by atoms with Crippen molar-refractivity contribution in [3.05, 3.63) is 47.2 Å². The minimum Gasteiger partial charge on any atom is -0.363 e. The molecular formula is C13H15ClN4S. The number of benzene rings is 1. The van der Waals surface area contributed by atoms with Gasteiger partial charge in [0.25, 0.3) is 0 Å². The normalized spacial score (nSPS) is 10.2. The van der Waals surface area contributed by atoms with E-state index in [2.05, 4.69) is 15.7 Å². The van der Waals surface area contributed by atoms with Gasteiger partial charge in [0.05, 0.1) is 18.4 Å². The van der Waals surface area contributed by atoms with E-state index in [4.69, 9.17) is 23.8 Å². The first-order chi connectivity index (χ1) is 9.17. The molecule has 2 aromatic rings. The van der Waals surface area contributed by atoms with E-state index < -0.39 is 0 Å². The average molecular weight is 295 g/mol. The Labute approximate surface area is 122 Å². The van der Waals surface area contributed by atoms with Crippen molar-refractivity contribution in [1.82, 2.24) is 15.1 Å². The molecule has 0 spiro atoms. The van der Waals surface area contributed by atoms with Crippen molar-refractivity contribution in [3.63, 3.8) is 0 Å². The minimum absolute atomic E-state index is 0.605. The number of halogens is 1. The zero-order valence-corrected chi connectivity index (χ0v) is 12.1. The van der Waals surface area contributed by atoms with Crippen LogP contribution in [0, 0.1) is 0 Å². The van der Waals surface area contributed by atoms with Crippen LogP contribution >= 0.6 is 23.8 Å². The van der Waals surface area contributed by atoms with Gasteiger partial charge in [0, 0.05) is 17.8 Å². The van der Waals surface area contributed by atoms with E-state index in [1.54, 1.807) is 6.20 Å². The molecule has 1 aromatic carbocycles. The molecule has 1 aromatic heterocycles. The Morgan fingerprint density at radius 2 is 2.11 bits per heavy atom. The molecule has 2 rings (SSSR count). The van der Waals surface area contributed by atoms with Gasteiger partial charge in [0.15, 0.2) is 5.11 Å². The summed E-state index contributed by atoms with van der Waals surface area (Å²) in [5, 5.41) is 11.7. The van der Waals surface area contributed by atoms with Crippen molar-refractivity contribution < 1.29 is 0 Å². The maximum absolute atomic E-state index is 5.85. The Hall–Kier alpha value is -1.59. The highest BCUT2D eigenvalue weighted by molar-refractivity contribution is 7.80. The van der Waals surface area contributed by atoms with Gasteiger partial charge in [0.1, 0.15) is 0 Å². The van der Waals surface area contributed by atoms with Gasteiger partial charge in [-0.05, 0) is 36.8 Å². The highest BCUT2D eigenvalue weighted by atomic mass is 35.5. The van der Waals surface area contributed by atoms with Gasteiger partial charge in [-0.2, -0.15) is 5.10 Å². The molecule has 0 aliphatic heterocycles. The first kappa shape index (κ1) is 13.8. The molecule has 0 radical (unpaired) electrons. The van der Waals surface area contributed by atoms with Gasteiger partial charge in [0.2, 0.25) is 0 Å². The average Bonchev–Trinajstić information content (AvgIpc) is 2.80. The molecule has 100 valence electrons. The van der Waals surface area contributed by atoms with Crippen molar-refractivity contribution in [2.45, 2.75) is 13.5 Å². The predicted octanol–water partition coefficient (Wildman–Crippen LogP) is 2.89. The lowest BCUT2D eigenvalue weighted by molar-refractivity contribution is 0.687. The van der Waals surface area contributed by atoms with Crippen molar-refractivity contribution in [3.8, 4) is 0 Å². The van der Waals surface area contributed by atoms with Gasteiger partial charge in [-0.1, -0.05) is 23.7 Å². The molecule has 1 heterocycles. The zero-order chi connectivity index (χ0) is 13.7. The fraction of sp³-hybridized carbons (Fsp3) is 0.231. The van der Waals surface area contributed by atoms with E-state index in [1.807, 2.05) is 42.1 Å². The third-order valence-electron chi connectivity index (χ3n) is 2.49. The summed E-state index contributed by atoms with van der Waals surface area (Å²) >= 11 is 11.0. The summed E-state index contributed by atoms with van der Waals surface area (Å²) in [7, 11) is 0. The van der Waals surface area contributed by atoms with E-state index in [0.29, 0.717) is 11.7 Å². The summed E-state index contributed by atoms with van der Waals surface area (Å²) in [4.78, 5) is 0. The maximum Gasteiger partial charge on any atom is 0.170 e. The van der Waals surface area contributed by atoms with E-state index in [1.165, 1.54) is 0 Å². The zero-order valence-electron chi connectivity index (χ0n) is 10.6. The molecule has 0 fully saturated rings. The molecular weight excluding hydrogens is 280 g/mol. The molecule has 2 N–H and O–H groups in total. The summed E-state index contributed by atoms with van der Waals surface area (Å²) in [5.41, 5.74) is 2.02. The predicted molar refractivity (Wildman–Crippen MR) is 82.7 cm³/mol. The number of aromatic nitrogens is 2. The summed E-state index contributed by atoms with van der Waals surface area (Å²) in [6, 6.07) is 7.72. The number of nitrogens with zero attached hydrogens (tertiary/aromatic N) is 2. The standard InChI is InChI=1S/C13H15ClN4S/c1-2-15-13(19)17-12-7-16-18(9-12)8-10-3-5-11(14)6-4-10/h3-7,9H,2,8H2,1H3,(H2,15,17,19). The number of hydrogen-bond acceptors (Lipinski definition) is 2. The molecule has 19 heavy (non-hydrogen) atoms. The first-order valence-electron chi connectivity index (χ1n) is 5.99. The lowest BCUT2D eigenvalue weighted by Crippen LogP contribution is -2.27. The van der Waals surface area contributed by atoms with Crippen LogP contribution in [0.15, 0.2) is 36.7 Å². The fourth-order valence-electron chi connectivity index (χ4n) is 1.63. The maximum atomic E-state index is 5.85. The lowest BCUT2D eigenvalue weighted by atomic mass is 10.2. The fourth-order valence-corrected chi connectivity index (χ4v) is 2.02. The van der Waals surface area contributed by atoms with Gasteiger partial charge in [-0.25, -0.2) is 0 Å². The molecule has 0 saturated heterocycles. The van der Waals surface area contributed by atoms with Crippen molar-refractivity contribution in [2.75, 3.05) is 11.9 Å². The Morgan fingerprint density at radius 3 is 2.79 bits per heavy atom. The summed E-state index contributed by atoms with van der Waals surface area (Å²) in [6.07, 6.45) is 3.66. The van der Waals surface area contributed by atoms with Crippen LogP contribution in [-0.2, 0) is 6.54 Å². The second-order valence-electron chi connectivity index (χ2n) is 4.04. The van der Waals surface area contributed by atoms with Gasteiger partial charge < -0.3 is 10.6 Å². The van der Waals surface area contributed by atoms with Crippen LogP contribution in [0.3, 0.4) is 0 Å². The van der Waals surface area contributed by atoms with Crippen LogP contribution in [-0.4, -0.2) is 21.4 Å². The second kappa shape index (κ2) is 6.54. The molecule has 0 aliphatic rings. The Kier molecular flexibility index (Phi) is 4.76. The Morgan fingerprint density at radius 1 is 1.37 bits per heavy atom. The largest absolute Gasteiger partial charge is 0.363 e. The molecule has 0 saturated carbocycles. The molecule has 4 nitrogen and oxygen atoms in total. The second-order valence-corrected chi connectivity index (χ2v) is 4.88. The number of anilines is 1.